The maximum absolute atomic E-state index is 12.3. The Labute approximate surface area is 183 Å². The zero-order valence-electron chi connectivity index (χ0n) is 18.2. The first-order valence-electron chi connectivity index (χ1n) is 10.5. The van der Waals surface area contributed by atoms with Crippen LogP contribution < -0.4 is 5.32 Å². The molecule has 1 amide bonds. The lowest BCUT2D eigenvalue weighted by atomic mass is 10.2. The molecule has 3 rings (SSSR count). The predicted molar refractivity (Wildman–Crippen MR) is 123 cm³/mol. The van der Waals surface area contributed by atoms with E-state index in [0.717, 1.165) is 35.3 Å². The molecule has 158 valence electrons. The van der Waals surface area contributed by atoms with Gasteiger partial charge in [-0.3, -0.25) is 9.36 Å². The minimum atomic E-state index is -0.225. The highest BCUT2D eigenvalue weighted by molar-refractivity contribution is 7.98. The van der Waals surface area contributed by atoms with Gasteiger partial charge in [-0.15, -0.1) is 10.2 Å². The van der Waals surface area contributed by atoms with E-state index < -0.39 is 0 Å². The lowest BCUT2D eigenvalue weighted by Gasteiger charge is -2.16. The second-order valence-corrected chi connectivity index (χ2v) is 8.62. The van der Waals surface area contributed by atoms with E-state index in [1.54, 1.807) is 11.8 Å². The van der Waals surface area contributed by atoms with Gasteiger partial charge in [0.1, 0.15) is 0 Å². The van der Waals surface area contributed by atoms with Crippen LogP contribution in [0, 0.1) is 13.8 Å². The van der Waals surface area contributed by atoms with Crippen molar-refractivity contribution in [1.82, 2.24) is 20.1 Å². The summed E-state index contributed by atoms with van der Waals surface area (Å²) in [7, 11) is 0. The number of rotatable bonds is 9. The first kappa shape index (κ1) is 22.1. The molecule has 5 nitrogen and oxygen atoms in total. The number of thioether (sulfide) groups is 1. The van der Waals surface area contributed by atoms with E-state index in [1.807, 2.05) is 6.92 Å². The van der Waals surface area contributed by atoms with Crippen molar-refractivity contribution >= 4 is 17.7 Å². The number of nitrogens with one attached hydrogen (secondary N) is 1. The molecule has 1 atom stereocenters. The van der Waals surface area contributed by atoms with Gasteiger partial charge >= 0.3 is 0 Å². The highest BCUT2D eigenvalue weighted by Gasteiger charge is 2.21. The van der Waals surface area contributed by atoms with E-state index in [-0.39, 0.29) is 11.9 Å². The SMILES string of the molecule is CCCCC(=O)NC(C)c1nnc(SCc2cccc(C)c2)n1-c1ccc(C)cc1. The second-order valence-electron chi connectivity index (χ2n) is 7.68. The van der Waals surface area contributed by atoms with Crippen molar-refractivity contribution in [2.45, 2.75) is 63.9 Å². The molecule has 1 heterocycles. The van der Waals surface area contributed by atoms with Gasteiger partial charge in [-0.05, 0) is 44.9 Å². The Morgan fingerprint density at radius 2 is 1.87 bits per heavy atom. The topological polar surface area (TPSA) is 59.8 Å². The Morgan fingerprint density at radius 3 is 2.57 bits per heavy atom. The van der Waals surface area contributed by atoms with Crippen LogP contribution in [0.1, 0.15) is 61.7 Å². The van der Waals surface area contributed by atoms with Crippen LogP contribution in [0.5, 0.6) is 0 Å². The summed E-state index contributed by atoms with van der Waals surface area (Å²) in [6.45, 7) is 8.22. The molecule has 0 radical (unpaired) electrons. The normalized spacial score (nSPS) is 12.0. The maximum atomic E-state index is 12.3. The first-order valence-corrected chi connectivity index (χ1v) is 11.5. The third-order valence-corrected chi connectivity index (χ3v) is 5.92. The van der Waals surface area contributed by atoms with Crippen molar-refractivity contribution in [1.29, 1.82) is 0 Å². The number of benzene rings is 2. The Morgan fingerprint density at radius 1 is 1.10 bits per heavy atom. The van der Waals surface area contributed by atoms with Gasteiger partial charge in [0.05, 0.1) is 6.04 Å². The Hall–Kier alpha value is -2.60. The van der Waals surface area contributed by atoms with Gasteiger partial charge < -0.3 is 5.32 Å². The summed E-state index contributed by atoms with van der Waals surface area (Å²) < 4.78 is 2.06. The number of nitrogens with zero attached hydrogens (tertiary/aromatic N) is 3. The monoisotopic (exact) mass is 422 g/mol. The van der Waals surface area contributed by atoms with E-state index in [0.29, 0.717) is 6.42 Å². The molecular formula is C24H30N4OS. The largest absolute Gasteiger partial charge is 0.346 e. The fourth-order valence-corrected chi connectivity index (χ4v) is 4.16. The second kappa shape index (κ2) is 10.4. The van der Waals surface area contributed by atoms with Crippen LogP contribution in [0.3, 0.4) is 0 Å². The van der Waals surface area contributed by atoms with Crippen LogP contribution in [0.15, 0.2) is 53.7 Å². The Bertz CT molecular complexity index is 981. The predicted octanol–water partition coefficient (Wildman–Crippen LogP) is 5.54. The molecule has 0 bridgehead atoms. The van der Waals surface area contributed by atoms with Gasteiger partial charge in [-0.25, -0.2) is 0 Å². The van der Waals surface area contributed by atoms with Crippen molar-refractivity contribution in [3.63, 3.8) is 0 Å². The summed E-state index contributed by atoms with van der Waals surface area (Å²) in [6.07, 6.45) is 2.43. The summed E-state index contributed by atoms with van der Waals surface area (Å²) >= 11 is 1.66. The van der Waals surface area contributed by atoms with Crippen LogP contribution in [0.25, 0.3) is 5.69 Å². The zero-order valence-corrected chi connectivity index (χ0v) is 19.0. The number of carbonyl (C=O) groups excluding carboxylic acids is 1. The Balaban J connectivity index is 1.87. The van der Waals surface area contributed by atoms with Crippen molar-refractivity contribution < 1.29 is 4.79 Å². The number of aromatic nitrogens is 3. The summed E-state index contributed by atoms with van der Waals surface area (Å²) in [4.78, 5) is 12.3. The standard InChI is InChI=1S/C24H30N4OS/c1-5-6-10-22(29)25-19(4)23-26-27-24(28(23)21-13-11-17(2)12-14-21)30-16-20-9-7-8-18(3)15-20/h7-9,11-15,19H,5-6,10,16H2,1-4H3,(H,25,29). The minimum Gasteiger partial charge on any atom is -0.346 e. The van der Waals surface area contributed by atoms with Crippen LogP contribution in [-0.2, 0) is 10.5 Å². The van der Waals surface area contributed by atoms with Crippen molar-refractivity contribution in [2.75, 3.05) is 0 Å². The molecule has 2 aromatic carbocycles. The molecule has 1 unspecified atom stereocenters. The molecule has 3 aromatic rings. The van der Waals surface area contributed by atoms with Crippen molar-refractivity contribution in [2.24, 2.45) is 0 Å². The smallest absolute Gasteiger partial charge is 0.220 e. The first-order chi connectivity index (χ1) is 14.5. The number of aryl methyl sites for hydroxylation is 2. The molecule has 0 saturated heterocycles. The van der Waals surface area contributed by atoms with Crippen LogP contribution in [0.4, 0.5) is 0 Å². The molecule has 0 aliphatic rings. The number of carbonyl (C=O) groups is 1. The summed E-state index contributed by atoms with van der Waals surface area (Å²) in [5.74, 6) is 1.61. The van der Waals surface area contributed by atoms with Crippen LogP contribution >= 0.6 is 11.8 Å². The molecule has 0 aliphatic heterocycles. The summed E-state index contributed by atoms with van der Waals surface area (Å²) in [5.41, 5.74) is 4.70. The minimum absolute atomic E-state index is 0.0526. The van der Waals surface area contributed by atoms with Gasteiger partial charge in [0.15, 0.2) is 11.0 Å². The average Bonchev–Trinajstić information content (AvgIpc) is 3.15. The average molecular weight is 423 g/mol. The van der Waals surface area contributed by atoms with Gasteiger partial charge in [-0.2, -0.15) is 0 Å². The molecule has 0 spiro atoms. The van der Waals surface area contributed by atoms with E-state index >= 15 is 0 Å². The summed E-state index contributed by atoms with van der Waals surface area (Å²) in [5, 5.41) is 12.8. The molecule has 30 heavy (non-hydrogen) atoms. The highest BCUT2D eigenvalue weighted by Crippen LogP contribution is 2.28. The third-order valence-electron chi connectivity index (χ3n) is 4.92. The van der Waals surface area contributed by atoms with Gasteiger partial charge in [0, 0.05) is 17.9 Å². The molecule has 0 aliphatic carbocycles. The lowest BCUT2D eigenvalue weighted by molar-refractivity contribution is -0.121. The fraction of sp³-hybridized carbons (Fsp3) is 0.375. The van der Waals surface area contributed by atoms with Crippen LogP contribution in [-0.4, -0.2) is 20.7 Å². The molecule has 1 N–H and O–H groups in total. The molecule has 6 heteroatoms. The number of unbranched alkanes of at least 4 members (excludes halogenated alkanes) is 1. The highest BCUT2D eigenvalue weighted by atomic mass is 32.2. The molecular weight excluding hydrogens is 392 g/mol. The lowest BCUT2D eigenvalue weighted by Crippen LogP contribution is -2.28. The van der Waals surface area contributed by atoms with Crippen molar-refractivity contribution in [3.05, 3.63) is 71.0 Å². The van der Waals surface area contributed by atoms with E-state index in [2.05, 4.69) is 89.4 Å². The van der Waals surface area contributed by atoms with Crippen LogP contribution in [0.2, 0.25) is 0 Å². The fourth-order valence-electron chi connectivity index (χ4n) is 3.26. The van der Waals surface area contributed by atoms with Gasteiger partial charge in [0.25, 0.3) is 0 Å². The van der Waals surface area contributed by atoms with E-state index in [9.17, 15) is 4.79 Å². The maximum Gasteiger partial charge on any atom is 0.220 e. The molecule has 0 fully saturated rings. The van der Waals surface area contributed by atoms with Gasteiger partial charge in [0.2, 0.25) is 5.91 Å². The molecule has 1 aromatic heterocycles. The number of amides is 1. The third kappa shape index (κ3) is 5.72. The van der Waals surface area contributed by atoms with E-state index in [4.69, 9.17) is 0 Å². The van der Waals surface area contributed by atoms with Crippen molar-refractivity contribution in [3.8, 4) is 5.69 Å². The number of hydrogen-bond donors (Lipinski definition) is 1. The number of hydrogen-bond acceptors (Lipinski definition) is 4. The van der Waals surface area contributed by atoms with E-state index in [1.165, 1.54) is 16.7 Å². The quantitative estimate of drug-likeness (QED) is 0.460. The summed E-state index contributed by atoms with van der Waals surface area (Å²) in [6, 6.07) is 16.6. The zero-order chi connectivity index (χ0) is 21.5. The van der Waals surface area contributed by atoms with Gasteiger partial charge in [-0.1, -0.05) is 72.6 Å². The molecule has 0 saturated carbocycles. The Kier molecular flexibility index (Phi) is 7.69.